The Morgan fingerprint density at radius 3 is 2.69 bits per heavy atom. The van der Waals surface area contributed by atoms with Crippen molar-refractivity contribution < 1.29 is 14.3 Å². The average molecular weight is 389 g/mol. The zero-order valence-electron chi connectivity index (χ0n) is 16.1. The summed E-state index contributed by atoms with van der Waals surface area (Å²) in [5.74, 6) is 2.09. The summed E-state index contributed by atoms with van der Waals surface area (Å²) in [4.78, 5) is 19.5. The lowest BCUT2D eigenvalue weighted by atomic mass is 10.1. The minimum absolute atomic E-state index is 0.0851. The molecule has 1 aromatic carbocycles. The van der Waals surface area contributed by atoms with E-state index in [1.165, 1.54) is 0 Å². The Labute approximate surface area is 167 Å². The van der Waals surface area contributed by atoms with E-state index in [-0.39, 0.29) is 11.9 Å². The predicted molar refractivity (Wildman–Crippen MR) is 104 cm³/mol. The molecule has 0 atom stereocenters. The van der Waals surface area contributed by atoms with E-state index in [0.29, 0.717) is 35.2 Å². The van der Waals surface area contributed by atoms with Crippen molar-refractivity contribution in [3.63, 3.8) is 0 Å². The number of fused-ring (bicyclic) bond motifs is 2. The van der Waals surface area contributed by atoms with Crippen LogP contribution in [-0.2, 0) is 6.54 Å². The van der Waals surface area contributed by atoms with Crippen molar-refractivity contribution in [3.05, 3.63) is 47.8 Å². The summed E-state index contributed by atoms with van der Waals surface area (Å²) in [6.07, 6.45) is 3.48. The molecule has 29 heavy (non-hydrogen) atoms. The molecule has 1 spiro atoms. The molecule has 146 valence electrons. The molecule has 2 aromatic heterocycles. The molecule has 0 N–H and O–H groups in total. The zero-order chi connectivity index (χ0) is 19.8. The van der Waals surface area contributed by atoms with Crippen LogP contribution in [0.5, 0.6) is 11.5 Å². The number of amides is 1. The zero-order valence-corrected chi connectivity index (χ0v) is 16.1. The second kappa shape index (κ2) is 5.56. The van der Waals surface area contributed by atoms with E-state index in [9.17, 15) is 4.79 Å². The van der Waals surface area contributed by atoms with Crippen LogP contribution in [-0.4, -0.2) is 31.4 Å². The van der Waals surface area contributed by atoms with Gasteiger partial charge in [0.25, 0.3) is 11.7 Å². The molecule has 8 heteroatoms. The standard InChI is InChI=1S/C21H19N5O3/c1-12(2)26-11-22-24-19(26)15-4-3-5-18(23-15)25-10-13-8-16-17(9-14(13)20(25)27)29-21(28-16)6-7-21/h3-5,8-9,11-12H,6-7,10H2,1-2H3. The first-order chi connectivity index (χ1) is 14.0. The van der Waals surface area contributed by atoms with Crippen LogP contribution in [0.1, 0.15) is 48.7 Å². The highest BCUT2D eigenvalue weighted by Crippen LogP contribution is 2.52. The van der Waals surface area contributed by atoms with Crippen LogP contribution < -0.4 is 14.4 Å². The molecule has 1 amide bonds. The molecule has 0 radical (unpaired) electrons. The number of carbonyl (C=O) groups is 1. The van der Waals surface area contributed by atoms with Gasteiger partial charge in [-0.1, -0.05) is 6.07 Å². The van der Waals surface area contributed by atoms with Gasteiger partial charge in [-0.3, -0.25) is 9.69 Å². The van der Waals surface area contributed by atoms with Gasteiger partial charge in [-0.25, -0.2) is 4.98 Å². The molecule has 1 saturated carbocycles. The number of aromatic nitrogens is 4. The fourth-order valence-corrected chi connectivity index (χ4v) is 3.89. The smallest absolute Gasteiger partial charge is 0.260 e. The molecule has 0 bridgehead atoms. The number of hydrogen-bond donors (Lipinski definition) is 0. The molecule has 0 saturated heterocycles. The molecular formula is C21H19N5O3. The first kappa shape index (κ1) is 16.5. The van der Waals surface area contributed by atoms with Crippen LogP contribution in [0.25, 0.3) is 11.5 Å². The van der Waals surface area contributed by atoms with Crippen molar-refractivity contribution in [2.45, 2.75) is 45.1 Å². The number of rotatable bonds is 3. The minimum atomic E-state index is -0.470. The van der Waals surface area contributed by atoms with Gasteiger partial charge in [-0.15, -0.1) is 10.2 Å². The summed E-state index contributed by atoms with van der Waals surface area (Å²) in [6.45, 7) is 4.57. The van der Waals surface area contributed by atoms with Crippen LogP contribution in [0.3, 0.4) is 0 Å². The Bertz CT molecular complexity index is 1160. The van der Waals surface area contributed by atoms with Crippen LogP contribution in [0.2, 0.25) is 0 Å². The fraction of sp³-hybridized carbons (Fsp3) is 0.333. The summed E-state index contributed by atoms with van der Waals surface area (Å²) in [6, 6.07) is 9.54. The summed E-state index contributed by atoms with van der Waals surface area (Å²) < 4.78 is 13.8. The number of hydrogen-bond acceptors (Lipinski definition) is 6. The van der Waals surface area contributed by atoms with Gasteiger partial charge in [0.05, 0.1) is 6.54 Å². The molecular weight excluding hydrogens is 370 g/mol. The second-order valence-corrected chi connectivity index (χ2v) is 8.00. The molecule has 2 aliphatic heterocycles. The third-order valence-electron chi connectivity index (χ3n) is 5.59. The third-order valence-corrected chi connectivity index (χ3v) is 5.59. The van der Waals surface area contributed by atoms with E-state index >= 15 is 0 Å². The lowest BCUT2D eigenvalue weighted by Gasteiger charge is -2.16. The van der Waals surface area contributed by atoms with Crippen molar-refractivity contribution in [2.75, 3.05) is 4.90 Å². The SMILES string of the molecule is CC(C)n1cnnc1-c1cccc(N2Cc3cc4c(cc3C2=O)OC2(CC2)O4)n1. The summed E-state index contributed by atoms with van der Waals surface area (Å²) in [5.41, 5.74) is 2.25. The Kier molecular flexibility index (Phi) is 3.17. The number of ether oxygens (including phenoxy) is 2. The van der Waals surface area contributed by atoms with Crippen molar-refractivity contribution >= 4 is 11.7 Å². The molecule has 0 unspecified atom stereocenters. The van der Waals surface area contributed by atoms with Crippen molar-refractivity contribution in [3.8, 4) is 23.0 Å². The molecule has 4 heterocycles. The Balaban J connectivity index is 1.34. The van der Waals surface area contributed by atoms with E-state index in [1.807, 2.05) is 28.8 Å². The largest absolute Gasteiger partial charge is 0.448 e. The van der Waals surface area contributed by atoms with Crippen molar-refractivity contribution in [1.29, 1.82) is 0 Å². The first-order valence-electron chi connectivity index (χ1n) is 9.77. The number of anilines is 1. The van der Waals surface area contributed by atoms with Gasteiger partial charge in [0, 0.05) is 24.4 Å². The Morgan fingerprint density at radius 2 is 1.93 bits per heavy atom. The third kappa shape index (κ3) is 2.45. The molecule has 6 rings (SSSR count). The highest BCUT2D eigenvalue weighted by Gasteiger charge is 2.53. The maximum atomic E-state index is 13.1. The van der Waals surface area contributed by atoms with Gasteiger partial charge in [-0.2, -0.15) is 0 Å². The maximum Gasteiger partial charge on any atom is 0.260 e. The van der Waals surface area contributed by atoms with E-state index in [4.69, 9.17) is 14.5 Å². The number of nitrogens with zero attached hydrogens (tertiary/aromatic N) is 5. The Morgan fingerprint density at radius 1 is 1.14 bits per heavy atom. The van der Waals surface area contributed by atoms with Crippen LogP contribution in [0.15, 0.2) is 36.7 Å². The van der Waals surface area contributed by atoms with E-state index in [2.05, 4.69) is 24.0 Å². The van der Waals surface area contributed by atoms with Crippen molar-refractivity contribution in [1.82, 2.24) is 19.7 Å². The quantitative estimate of drug-likeness (QED) is 0.683. The molecule has 1 aliphatic carbocycles. The number of benzene rings is 1. The normalized spacial score (nSPS) is 18.0. The van der Waals surface area contributed by atoms with Crippen LogP contribution in [0, 0.1) is 0 Å². The number of carbonyl (C=O) groups excluding carboxylic acids is 1. The van der Waals surface area contributed by atoms with Gasteiger partial charge in [-0.05, 0) is 43.7 Å². The second-order valence-electron chi connectivity index (χ2n) is 8.00. The lowest BCUT2D eigenvalue weighted by molar-refractivity contribution is 0.0217. The molecule has 8 nitrogen and oxygen atoms in total. The molecule has 3 aromatic rings. The van der Waals surface area contributed by atoms with Gasteiger partial charge in [0.2, 0.25) is 0 Å². The monoisotopic (exact) mass is 389 g/mol. The van der Waals surface area contributed by atoms with Crippen LogP contribution >= 0.6 is 0 Å². The molecule has 1 fully saturated rings. The maximum absolute atomic E-state index is 13.1. The average Bonchev–Trinajstić information content (AvgIpc) is 3.07. The number of pyridine rings is 1. The topological polar surface area (TPSA) is 82.4 Å². The Hall–Kier alpha value is -3.42. The first-order valence-corrected chi connectivity index (χ1v) is 9.77. The van der Waals surface area contributed by atoms with E-state index < -0.39 is 5.79 Å². The van der Waals surface area contributed by atoms with Gasteiger partial charge in [0.1, 0.15) is 17.8 Å². The van der Waals surface area contributed by atoms with E-state index in [0.717, 1.165) is 24.2 Å². The van der Waals surface area contributed by atoms with Gasteiger partial charge < -0.3 is 14.0 Å². The van der Waals surface area contributed by atoms with E-state index in [1.54, 1.807) is 17.3 Å². The highest BCUT2D eigenvalue weighted by molar-refractivity contribution is 6.10. The summed E-state index contributed by atoms with van der Waals surface area (Å²) >= 11 is 0. The summed E-state index contributed by atoms with van der Waals surface area (Å²) in [7, 11) is 0. The molecule has 3 aliphatic rings. The fourth-order valence-electron chi connectivity index (χ4n) is 3.89. The highest BCUT2D eigenvalue weighted by atomic mass is 16.7. The minimum Gasteiger partial charge on any atom is -0.448 e. The van der Waals surface area contributed by atoms with Crippen molar-refractivity contribution in [2.24, 2.45) is 0 Å². The van der Waals surface area contributed by atoms with Gasteiger partial charge in [0.15, 0.2) is 17.3 Å². The summed E-state index contributed by atoms with van der Waals surface area (Å²) in [5, 5.41) is 8.22. The van der Waals surface area contributed by atoms with Crippen LogP contribution in [0.4, 0.5) is 5.82 Å². The lowest BCUT2D eigenvalue weighted by Crippen LogP contribution is -2.24. The predicted octanol–water partition coefficient (Wildman–Crippen LogP) is 3.34. The van der Waals surface area contributed by atoms with Gasteiger partial charge >= 0.3 is 0 Å².